The van der Waals surface area contributed by atoms with Gasteiger partial charge in [0.05, 0.1) is 0 Å². The smallest absolute Gasteiger partial charge is 0.224 e. The molecule has 0 aliphatic heterocycles. The number of hydrogen-bond donors (Lipinski definition) is 2. The summed E-state index contributed by atoms with van der Waals surface area (Å²) in [5.74, 6) is -0.137. The van der Waals surface area contributed by atoms with E-state index in [0.717, 1.165) is 11.3 Å². The van der Waals surface area contributed by atoms with E-state index in [0.29, 0.717) is 13.1 Å². The number of amides is 1. The first-order valence-corrected chi connectivity index (χ1v) is 5.79. The molecule has 3 N–H and O–H groups in total. The number of nitrogens with two attached hydrogens (primary N) is 1. The van der Waals surface area contributed by atoms with Gasteiger partial charge in [-0.25, -0.2) is 0 Å². The fourth-order valence-electron chi connectivity index (χ4n) is 1.56. The number of nitrogens with zero attached hydrogens (tertiary/aromatic N) is 1. The van der Waals surface area contributed by atoms with Gasteiger partial charge in [-0.3, -0.25) is 4.79 Å². The summed E-state index contributed by atoms with van der Waals surface area (Å²) in [5.41, 5.74) is 7.68. The molecule has 1 amide bonds. The molecule has 0 radical (unpaired) electrons. The Morgan fingerprint density at radius 1 is 1.32 bits per heavy atom. The zero-order valence-corrected chi connectivity index (χ0v) is 13.2. The Bertz CT molecular complexity index is 386. The predicted molar refractivity (Wildman–Crippen MR) is 85.3 cm³/mol. The summed E-state index contributed by atoms with van der Waals surface area (Å²) in [6, 6.07) is 8.01. The molecule has 0 spiro atoms. The number of hydrogen-bond acceptors (Lipinski definition) is 3. The molecule has 0 aliphatic rings. The highest BCUT2D eigenvalue weighted by Crippen LogP contribution is 2.17. The van der Waals surface area contributed by atoms with Crippen LogP contribution >= 0.6 is 24.8 Å². The number of carbonyl (C=O) groups excluding carboxylic acids is 1. The van der Waals surface area contributed by atoms with E-state index in [4.69, 9.17) is 5.73 Å². The van der Waals surface area contributed by atoms with Gasteiger partial charge < -0.3 is 16.0 Å². The Labute approximate surface area is 127 Å². The molecule has 110 valence electrons. The Balaban J connectivity index is 0. The monoisotopic (exact) mass is 307 g/mol. The lowest BCUT2D eigenvalue weighted by molar-refractivity contribution is -0.124. The van der Waals surface area contributed by atoms with Crippen LogP contribution in [0.2, 0.25) is 0 Å². The van der Waals surface area contributed by atoms with Crippen LogP contribution in [0.1, 0.15) is 12.5 Å². The third kappa shape index (κ3) is 6.14. The molecule has 1 atom stereocenters. The van der Waals surface area contributed by atoms with Crippen molar-refractivity contribution < 1.29 is 4.79 Å². The van der Waals surface area contributed by atoms with E-state index in [9.17, 15) is 4.79 Å². The van der Waals surface area contributed by atoms with Crippen molar-refractivity contribution in [1.29, 1.82) is 0 Å². The molecule has 0 aromatic heterocycles. The highest BCUT2D eigenvalue weighted by molar-refractivity contribution is 5.85. The third-order valence-electron chi connectivity index (χ3n) is 2.73. The first-order valence-electron chi connectivity index (χ1n) is 5.79. The van der Waals surface area contributed by atoms with Crippen molar-refractivity contribution in [3.63, 3.8) is 0 Å². The molecule has 4 nitrogen and oxygen atoms in total. The summed E-state index contributed by atoms with van der Waals surface area (Å²) in [7, 11) is 3.98. The van der Waals surface area contributed by atoms with E-state index in [-0.39, 0.29) is 36.6 Å². The average Bonchev–Trinajstić information content (AvgIpc) is 2.35. The molecule has 0 saturated heterocycles. The number of halogens is 2. The van der Waals surface area contributed by atoms with Crippen LogP contribution in [-0.2, 0) is 11.3 Å². The molecule has 1 unspecified atom stereocenters. The first-order chi connectivity index (χ1) is 8.06. The largest absolute Gasteiger partial charge is 0.377 e. The molecule has 1 rings (SSSR count). The van der Waals surface area contributed by atoms with E-state index in [1.54, 1.807) is 0 Å². The topological polar surface area (TPSA) is 58.4 Å². The highest BCUT2D eigenvalue weighted by atomic mass is 35.5. The van der Waals surface area contributed by atoms with Gasteiger partial charge >= 0.3 is 0 Å². The maximum atomic E-state index is 11.6. The van der Waals surface area contributed by atoms with Crippen molar-refractivity contribution >= 4 is 36.4 Å². The maximum absolute atomic E-state index is 11.6. The van der Waals surface area contributed by atoms with E-state index in [2.05, 4.69) is 5.32 Å². The van der Waals surface area contributed by atoms with Crippen LogP contribution in [0.4, 0.5) is 5.69 Å². The number of benzene rings is 1. The van der Waals surface area contributed by atoms with Crippen molar-refractivity contribution in [2.45, 2.75) is 13.5 Å². The standard InChI is InChI=1S/C13H21N3O.2ClH/c1-10(8-14)13(17)15-9-11-6-4-5-7-12(11)16(2)3;;/h4-7,10H,8-9,14H2,1-3H3,(H,15,17);2*1H. The Hall–Kier alpha value is -0.970. The Morgan fingerprint density at radius 3 is 2.42 bits per heavy atom. The lowest BCUT2D eigenvalue weighted by Crippen LogP contribution is -2.33. The summed E-state index contributed by atoms with van der Waals surface area (Å²) < 4.78 is 0. The van der Waals surface area contributed by atoms with Crippen molar-refractivity contribution in [2.75, 3.05) is 25.5 Å². The van der Waals surface area contributed by atoms with Crippen molar-refractivity contribution in [3.05, 3.63) is 29.8 Å². The predicted octanol–water partition coefficient (Wildman–Crippen LogP) is 1.81. The summed E-state index contributed by atoms with van der Waals surface area (Å²) in [4.78, 5) is 13.7. The molecule has 0 aliphatic carbocycles. The van der Waals surface area contributed by atoms with Gasteiger partial charge in [-0.2, -0.15) is 0 Å². The molecular weight excluding hydrogens is 285 g/mol. The molecule has 19 heavy (non-hydrogen) atoms. The molecule has 0 fully saturated rings. The second kappa shape index (κ2) is 9.89. The van der Waals surface area contributed by atoms with Gasteiger partial charge in [-0.15, -0.1) is 24.8 Å². The molecule has 1 aromatic carbocycles. The molecule has 0 bridgehead atoms. The Kier molecular flexibility index (Phi) is 10.6. The normalized spacial score (nSPS) is 10.7. The van der Waals surface area contributed by atoms with Crippen LogP contribution in [0.5, 0.6) is 0 Å². The zero-order chi connectivity index (χ0) is 12.8. The fraction of sp³-hybridized carbons (Fsp3) is 0.462. The lowest BCUT2D eigenvalue weighted by atomic mass is 10.1. The van der Waals surface area contributed by atoms with Crippen molar-refractivity contribution in [2.24, 2.45) is 11.7 Å². The van der Waals surface area contributed by atoms with Gasteiger partial charge in [0.1, 0.15) is 0 Å². The molecule has 1 aromatic rings. The van der Waals surface area contributed by atoms with Crippen molar-refractivity contribution in [3.8, 4) is 0 Å². The number of anilines is 1. The lowest BCUT2D eigenvalue weighted by Gasteiger charge is -2.18. The van der Waals surface area contributed by atoms with Crippen LogP contribution in [0.15, 0.2) is 24.3 Å². The molecule has 0 saturated carbocycles. The van der Waals surface area contributed by atoms with Gasteiger partial charge in [0, 0.05) is 38.8 Å². The third-order valence-corrected chi connectivity index (χ3v) is 2.73. The number of para-hydroxylation sites is 1. The minimum Gasteiger partial charge on any atom is -0.377 e. The number of carbonyl (C=O) groups is 1. The minimum absolute atomic E-state index is 0. The minimum atomic E-state index is -0.137. The Morgan fingerprint density at radius 2 is 1.89 bits per heavy atom. The van der Waals surface area contributed by atoms with Gasteiger partial charge in [0.2, 0.25) is 5.91 Å². The second-order valence-corrected chi connectivity index (χ2v) is 4.38. The van der Waals surface area contributed by atoms with Gasteiger partial charge in [-0.05, 0) is 11.6 Å². The van der Waals surface area contributed by atoms with Gasteiger partial charge in [-0.1, -0.05) is 25.1 Å². The molecule has 0 heterocycles. The van der Waals surface area contributed by atoms with Crippen LogP contribution in [-0.4, -0.2) is 26.5 Å². The summed E-state index contributed by atoms with van der Waals surface area (Å²) in [6.45, 7) is 2.74. The maximum Gasteiger partial charge on any atom is 0.224 e. The molecule has 6 heteroatoms. The summed E-state index contributed by atoms with van der Waals surface area (Å²) in [5, 5.41) is 2.90. The van der Waals surface area contributed by atoms with Crippen LogP contribution in [0.3, 0.4) is 0 Å². The zero-order valence-electron chi connectivity index (χ0n) is 11.6. The summed E-state index contributed by atoms with van der Waals surface area (Å²) in [6.07, 6.45) is 0. The van der Waals surface area contributed by atoms with Gasteiger partial charge in [0.25, 0.3) is 0 Å². The number of nitrogens with one attached hydrogen (secondary N) is 1. The van der Waals surface area contributed by atoms with Crippen LogP contribution in [0, 0.1) is 5.92 Å². The highest BCUT2D eigenvalue weighted by Gasteiger charge is 2.11. The number of rotatable bonds is 5. The SMILES string of the molecule is CC(CN)C(=O)NCc1ccccc1N(C)C.Cl.Cl. The quantitative estimate of drug-likeness (QED) is 0.872. The van der Waals surface area contributed by atoms with E-state index in [1.165, 1.54) is 0 Å². The van der Waals surface area contributed by atoms with Crippen LogP contribution in [0.25, 0.3) is 0 Å². The molecular formula is C13H23Cl2N3O. The van der Waals surface area contributed by atoms with E-state index < -0.39 is 0 Å². The average molecular weight is 308 g/mol. The second-order valence-electron chi connectivity index (χ2n) is 4.38. The first kappa shape index (κ1) is 20.3. The van der Waals surface area contributed by atoms with Crippen molar-refractivity contribution in [1.82, 2.24) is 5.32 Å². The fourth-order valence-corrected chi connectivity index (χ4v) is 1.56. The van der Waals surface area contributed by atoms with E-state index in [1.807, 2.05) is 50.2 Å². The van der Waals surface area contributed by atoms with E-state index >= 15 is 0 Å². The van der Waals surface area contributed by atoms with Crippen LogP contribution < -0.4 is 16.0 Å². The summed E-state index contributed by atoms with van der Waals surface area (Å²) >= 11 is 0. The van der Waals surface area contributed by atoms with Gasteiger partial charge in [0.15, 0.2) is 0 Å².